The summed E-state index contributed by atoms with van der Waals surface area (Å²) in [6, 6.07) is 27.2. The van der Waals surface area contributed by atoms with Gasteiger partial charge in [0.25, 0.3) is 5.91 Å². The molecule has 5 nitrogen and oxygen atoms in total. The van der Waals surface area contributed by atoms with Gasteiger partial charge in [-0.05, 0) is 48.9 Å². The highest BCUT2D eigenvalue weighted by Crippen LogP contribution is 2.26. The highest BCUT2D eigenvalue weighted by atomic mass is 16.1. The number of amides is 1. The van der Waals surface area contributed by atoms with E-state index in [2.05, 4.69) is 88.7 Å². The van der Waals surface area contributed by atoms with Gasteiger partial charge in [0, 0.05) is 63.8 Å². The molecule has 3 aromatic carbocycles. The van der Waals surface area contributed by atoms with Crippen LogP contribution in [-0.2, 0) is 0 Å². The number of nitrogens with one attached hydrogen (secondary N) is 1. The molecule has 0 bridgehead atoms. The Morgan fingerprint density at radius 3 is 2.12 bits per heavy atom. The molecular formula is C28H34N4O. The van der Waals surface area contributed by atoms with E-state index in [1.807, 2.05) is 31.2 Å². The average Bonchev–Trinajstić information content (AvgIpc) is 2.85. The smallest absolute Gasteiger partial charge is 0.251 e. The van der Waals surface area contributed by atoms with Crippen molar-refractivity contribution in [3.63, 3.8) is 0 Å². The van der Waals surface area contributed by atoms with E-state index < -0.39 is 0 Å². The van der Waals surface area contributed by atoms with E-state index in [1.54, 1.807) is 0 Å². The van der Waals surface area contributed by atoms with Crippen molar-refractivity contribution in [3.05, 3.63) is 95.6 Å². The number of carbonyl (C=O) groups is 1. The van der Waals surface area contributed by atoms with Crippen LogP contribution in [0.4, 0.5) is 11.4 Å². The van der Waals surface area contributed by atoms with Crippen LogP contribution in [0.1, 0.15) is 27.5 Å². The normalized spacial score (nSPS) is 15.2. The summed E-state index contributed by atoms with van der Waals surface area (Å²) in [5, 5.41) is 3.19. The second-order valence-corrected chi connectivity index (χ2v) is 8.94. The van der Waals surface area contributed by atoms with Crippen molar-refractivity contribution in [1.29, 1.82) is 0 Å². The highest BCUT2D eigenvalue weighted by Gasteiger charge is 2.26. The maximum atomic E-state index is 12.8. The standard InChI is InChI=1S/C28H34N4O/c1-22-9-11-24(12-10-22)28(33)29-21-27(23-13-15-25(16-14-23)30(2)3)32-19-17-31(18-20-32)26-7-5-4-6-8-26/h4-16,27H,17-21H2,1-3H3,(H,29,33)/t27-/m1/s1. The molecule has 1 amide bonds. The van der Waals surface area contributed by atoms with Gasteiger partial charge in [0.15, 0.2) is 0 Å². The van der Waals surface area contributed by atoms with Crippen LogP contribution in [0.5, 0.6) is 0 Å². The number of aryl methyl sites for hydroxylation is 1. The molecule has 0 radical (unpaired) electrons. The fraction of sp³-hybridized carbons (Fsp3) is 0.321. The summed E-state index contributed by atoms with van der Waals surface area (Å²) in [5.74, 6) is -0.0205. The van der Waals surface area contributed by atoms with Crippen molar-refractivity contribution < 1.29 is 4.79 Å². The Bertz CT molecular complexity index is 1020. The molecule has 0 aliphatic carbocycles. The Hall–Kier alpha value is -3.31. The first-order valence-electron chi connectivity index (χ1n) is 11.7. The third kappa shape index (κ3) is 5.74. The largest absolute Gasteiger partial charge is 0.378 e. The van der Waals surface area contributed by atoms with Crippen LogP contribution in [-0.4, -0.2) is 57.6 Å². The summed E-state index contributed by atoms with van der Waals surface area (Å²) >= 11 is 0. The maximum Gasteiger partial charge on any atom is 0.251 e. The second-order valence-electron chi connectivity index (χ2n) is 8.94. The van der Waals surface area contributed by atoms with Crippen molar-refractivity contribution in [3.8, 4) is 0 Å². The van der Waals surface area contributed by atoms with Crippen LogP contribution in [0, 0.1) is 6.92 Å². The van der Waals surface area contributed by atoms with Crippen LogP contribution in [0.15, 0.2) is 78.9 Å². The molecule has 1 saturated heterocycles. The molecule has 5 heteroatoms. The van der Waals surface area contributed by atoms with E-state index in [0.717, 1.165) is 31.7 Å². The number of piperazine rings is 1. The summed E-state index contributed by atoms with van der Waals surface area (Å²) in [6.07, 6.45) is 0. The summed E-state index contributed by atoms with van der Waals surface area (Å²) in [5.41, 5.74) is 5.54. The van der Waals surface area contributed by atoms with E-state index in [4.69, 9.17) is 0 Å². The molecule has 4 rings (SSSR count). The SMILES string of the molecule is Cc1ccc(C(=O)NC[C@H](c2ccc(N(C)C)cc2)N2CCN(c3ccccc3)CC2)cc1. The van der Waals surface area contributed by atoms with Crippen molar-refractivity contribution >= 4 is 17.3 Å². The van der Waals surface area contributed by atoms with E-state index in [9.17, 15) is 4.79 Å². The van der Waals surface area contributed by atoms with Gasteiger partial charge < -0.3 is 15.1 Å². The van der Waals surface area contributed by atoms with Crippen LogP contribution < -0.4 is 15.1 Å². The van der Waals surface area contributed by atoms with E-state index in [1.165, 1.54) is 16.9 Å². The lowest BCUT2D eigenvalue weighted by atomic mass is 10.0. The van der Waals surface area contributed by atoms with Gasteiger partial charge in [-0.15, -0.1) is 0 Å². The van der Waals surface area contributed by atoms with Gasteiger partial charge in [0.1, 0.15) is 0 Å². The molecule has 1 fully saturated rings. The number of hydrogen-bond donors (Lipinski definition) is 1. The topological polar surface area (TPSA) is 38.8 Å². The number of nitrogens with zero attached hydrogens (tertiary/aromatic N) is 3. The molecule has 33 heavy (non-hydrogen) atoms. The van der Waals surface area contributed by atoms with Crippen molar-refractivity contribution in [1.82, 2.24) is 10.2 Å². The maximum absolute atomic E-state index is 12.8. The number of para-hydroxylation sites is 1. The molecule has 0 unspecified atom stereocenters. The minimum Gasteiger partial charge on any atom is -0.378 e. The molecular weight excluding hydrogens is 408 g/mol. The molecule has 3 aromatic rings. The zero-order chi connectivity index (χ0) is 23.2. The van der Waals surface area contributed by atoms with Crippen LogP contribution >= 0.6 is 0 Å². The lowest BCUT2D eigenvalue weighted by Gasteiger charge is -2.40. The summed E-state index contributed by atoms with van der Waals surface area (Å²) in [6.45, 7) is 6.47. The van der Waals surface area contributed by atoms with Gasteiger partial charge in [-0.2, -0.15) is 0 Å². The van der Waals surface area contributed by atoms with Crippen molar-refractivity contribution in [2.24, 2.45) is 0 Å². The molecule has 0 spiro atoms. The molecule has 1 aliphatic heterocycles. The third-order valence-electron chi connectivity index (χ3n) is 6.44. The molecule has 172 valence electrons. The lowest BCUT2D eigenvalue weighted by molar-refractivity contribution is 0.0930. The Morgan fingerprint density at radius 2 is 1.52 bits per heavy atom. The van der Waals surface area contributed by atoms with Gasteiger partial charge in [-0.1, -0.05) is 48.0 Å². The first-order valence-corrected chi connectivity index (χ1v) is 11.7. The van der Waals surface area contributed by atoms with Crippen LogP contribution in [0.3, 0.4) is 0 Å². The van der Waals surface area contributed by atoms with Crippen molar-refractivity contribution in [2.45, 2.75) is 13.0 Å². The van der Waals surface area contributed by atoms with Crippen molar-refractivity contribution in [2.75, 3.05) is 56.6 Å². The fourth-order valence-corrected chi connectivity index (χ4v) is 4.38. The number of benzene rings is 3. The Balaban J connectivity index is 1.47. The predicted octanol–water partition coefficient (Wildman–Crippen LogP) is 4.35. The summed E-state index contributed by atoms with van der Waals surface area (Å²) < 4.78 is 0. The minimum absolute atomic E-state index is 0.0205. The van der Waals surface area contributed by atoms with Crippen LogP contribution in [0.2, 0.25) is 0 Å². The van der Waals surface area contributed by atoms with Gasteiger partial charge in [0.2, 0.25) is 0 Å². The molecule has 0 saturated carbocycles. The molecule has 1 aliphatic rings. The number of hydrogen-bond acceptors (Lipinski definition) is 4. The first-order chi connectivity index (χ1) is 16.0. The predicted molar refractivity (Wildman–Crippen MR) is 137 cm³/mol. The molecule has 1 N–H and O–H groups in total. The second kappa shape index (κ2) is 10.5. The average molecular weight is 443 g/mol. The Morgan fingerprint density at radius 1 is 0.879 bits per heavy atom. The number of carbonyl (C=O) groups excluding carboxylic acids is 1. The summed E-state index contributed by atoms with van der Waals surface area (Å²) in [4.78, 5) is 19.9. The van der Waals surface area contributed by atoms with Gasteiger partial charge >= 0.3 is 0 Å². The third-order valence-corrected chi connectivity index (χ3v) is 6.44. The Labute approximate surface area is 197 Å². The number of rotatable bonds is 7. The van der Waals surface area contributed by atoms with E-state index >= 15 is 0 Å². The summed E-state index contributed by atoms with van der Waals surface area (Å²) in [7, 11) is 4.11. The van der Waals surface area contributed by atoms with E-state index in [0.29, 0.717) is 12.1 Å². The monoisotopic (exact) mass is 442 g/mol. The highest BCUT2D eigenvalue weighted by molar-refractivity contribution is 5.94. The molecule has 1 atom stereocenters. The zero-order valence-corrected chi connectivity index (χ0v) is 19.9. The quantitative estimate of drug-likeness (QED) is 0.590. The number of anilines is 2. The fourth-order valence-electron chi connectivity index (χ4n) is 4.38. The van der Waals surface area contributed by atoms with Gasteiger partial charge in [-0.25, -0.2) is 0 Å². The molecule has 0 aromatic heterocycles. The van der Waals surface area contributed by atoms with Crippen LogP contribution in [0.25, 0.3) is 0 Å². The van der Waals surface area contributed by atoms with Gasteiger partial charge in [-0.3, -0.25) is 9.69 Å². The van der Waals surface area contributed by atoms with Gasteiger partial charge in [0.05, 0.1) is 6.04 Å². The lowest BCUT2D eigenvalue weighted by Crippen LogP contribution is -2.50. The molecule has 1 heterocycles. The Kier molecular flexibility index (Phi) is 7.30. The first kappa shape index (κ1) is 22.9. The zero-order valence-electron chi connectivity index (χ0n) is 19.9. The minimum atomic E-state index is -0.0205. The van der Waals surface area contributed by atoms with E-state index in [-0.39, 0.29) is 11.9 Å².